The molecule has 5 nitrogen and oxygen atoms in total. The fourth-order valence-corrected chi connectivity index (χ4v) is 4.99. The lowest BCUT2D eigenvalue weighted by molar-refractivity contribution is 0.0669. The van der Waals surface area contributed by atoms with Gasteiger partial charge in [0.1, 0.15) is 10.6 Å². The van der Waals surface area contributed by atoms with Gasteiger partial charge in [-0.25, -0.2) is 8.42 Å². The second-order valence-corrected chi connectivity index (χ2v) is 8.15. The number of hydrogen-bond acceptors (Lipinski definition) is 4. The monoisotopic (exact) mass is 339 g/mol. The lowest BCUT2D eigenvalue weighted by atomic mass is 9.79. The Kier molecular flexibility index (Phi) is 5.49. The highest BCUT2D eigenvalue weighted by Gasteiger charge is 2.39. The summed E-state index contributed by atoms with van der Waals surface area (Å²) in [7, 11) is -2.20. The van der Waals surface area contributed by atoms with Crippen LogP contribution in [0.1, 0.15) is 24.8 Å². The van der Waals surface area contributed by atoms with Gasteiger partial charge in [-0.15, -0.1) is 6.58 Å². The van der Waals surface area contributed by atoms with Crippen LogP contribution in [0.2, 0.25) is 0 Å². The van der Waals surface area contributed by atoms with Crippen LogP contribution in [0.3, 0.4) is 0 Å². The number of aliphatic hydroxyl groups excluding tert-OH is 1. The number of nitrogens with zero attached hydrogens (tertiary/aromatic N) is 1. The molecule has 0 aromatic heterocycles. The van der Waals surface area contributed by atoms with E-state index in [0.29, 0.717) is 25.3 Å². The summed E-state index contributed by atoms with van der Waals surface area (Å²) in [6.45, 7) is 6.30. The molecule has 6 heteroatoms. The fraction of sp³-hybridized carbons (Fsp3) is 0.529. The van der Waals surface area contributed by atoms with E-state index in [4.69, 9.17) is 4.74 Å². The highest BCUT2D eigenvalue weighted by molar-refractivity contribution is 7.89. The normalized spacial score (nSPS) is 22.7. The molecule has 0 aliphatic carbocycles. The van der Waals surface area contributed by atoms with Crippen molar-refractivity contribution in [3.63, 3.8) is 0 Å². The molecule has 1 fully saturated rings. The SMILES string of the molecule is C=CC[C@@]1(CO)CCCN(S(=O)(=O)c2cc(C)ccc2OC)C1. The molecule has 0 bridgehead atoms. The second-order valence-electron chi connectivity index (χ2n) is 6.25. The van der Waals surface area contributed by atoms with Crippen molar-refractivity contribution in [3.05, 3.63) is 36.4 Å². The number of rotatable bonds is 6. The zero-order valence-corrected chi connectivity index (χ0v) is 14.6. The van der Waals surface area contributed by atoms with E-state index in [0.717, 1.165) is 18.4 Å². The third kappa shape index (κ3) is 3.59. The molecule has 0 amide bonds. The molecule has 1 N–H and O–H groups in total. The van der Waals surface area contributed by atoms with Crippen LogP contribution in [0.15, 0.2) is 35.7 Å². The number of piperidine rings is 1. The van der Waals surface area contributed by atoms with Gasteiger partial charge in [-0.05, 0) is 43.9 Å². The van der Waals surface area contributed by atoms with E-state index in [-0.39, 0.29) is 11.5 Å². The molecular weight excluding hydrogens is 314 g/mol. The minimum absolute atomic E-state index is 0.0456. The Balaban J connectivity index is 2.40. The summed E-state index contributed by atoms with van der Waals surface area (Å²) in [5.41, 5.74) is 0.422. The highest BCUT2D eigenvalue weighted by Crippen LogP contribution is 2.37. The fourth-order valence-electron chi connectivity index (χ4n) is 3.16. The second kappa shape index (κ2) is 7.03. The topological polar surface area (TPSA) is 66.8 Å². The van der Waals surface area contributed by atoms with Gasteiger partial charge in [-0.3, -0.25) is 0 Å². The number of benzene rings is 1. The van der Waals surface area contributed by atoms with E-state index in [2.05, 4.69) is 6.58 Å². The van der Waals surface area contributed by atoms with Gasteiger partial charge in [0, 0.05) is 18.5 Å². The Morgan fingerprint density at radius 1 is 1.48 bits per heavy atom. The maximum Gasteiger partial charge on any atom is 0.246 e. The summed E-state index contributed by atoms with van der Waals surface area (Å²) in [6.07, 6.45) is 3.87. The number of methoxy groups -OCH3 is 1. The Bertz CT molecular complexity index is 671. The molecule has 128 valence electrons. The van der Waals surface area contributed by atoms with Crippen LogP contribution in [-0.4, -0.2) is 44.6 Å². The predicted octanol–water partition coefficient (Wildman–Crippen LogP) is 2.34. The summed E-state index contributed by atoms with van der Waals surface area (Å²) in [5.74, 6) is 0.347. The van der Waals surface area contributed by atoms with E-state index < -0.39 is 15.4 Å². The third-order valence-electron chi connectivity index (χ3n) is 4.48. The largest absolute Gasteiger partial charge is 0.495 e. The van der Waals surface area contributed by atoms with Crippen LogP contribution < -0.4 is 4.74 Å². The minimum atomic E-state index is -3.66. The van der Waals surface area contributed by atoms with E-state index in [9.17, 15) is 13.5 Å². The Morgan fingerprint density at radius 3 is 2.83 bits per heavy atom. The molecule has 1 heterocycles. The van der Waals surface area contributed by atoms with Crippen LogP contribution in [0.5, 0.6) is 5.75 Å². The van der Waals surface area contributed by atoms with Crippen molar-refractivity contribution in [2.24, 2.45) is 5.41 Å². The van der Waals surface area contributed by atoms with Crippen molar-refractivity contribution in [1.29, 1.82) is 0 Å². The van der Waals surface area contributed by atoms with E-state index >= 15 is 0 Å². The number of ether oxygens (including phenoxy) is 1. The molecule has 0 spiro atoms. The molecule has 1 aromatic carbocycles. The molecule has 0 unspecified atom stereocenters. The number of sulfonamides is 1. The molecule has 1 aliphatic heterocycles. The van der Waals surface area contributed by atoms with Gasteiger partial charge < -0.3 is 9.84 Å². The van der Waals surface area contributed by atoms with Crippen LogP contribution in [0, 0.1) is 12.3 Å². The van der Waals surface area contributed by atoms with E-state index in [1.165, 1.54) is 11.4 Å². The van der Waals surface area contributed by atoms with Crippen LogP contribution in [0.25, 0.3) is 0 Å². The van der Waals surface area contributed by atoms with Gasteiger partial charge >= 0.3 is 0 Å². The van der Waals surface area contributed by atoms with Crippen molar-refractivity contribution < 1.29 is 18.3 Å². The molecule has 1 saturated heterocycles. The van der Waals surface area contributed by atoms with Crippen LogP contribution >= 0.6 is 0 Å². The molecule has 2 rings (SSSR count). The quantitative estimate of drug-likeness (QED) is 0.808. The Hall–Kier alpha value is -1.37. The molecule has 1 aromatic rings. The first kappa shape index (κ1) is 18.0. The van der Waals surface area contributed by atoms with Gasteiger partial charge in [0.2, 0.25) is 10.0 Å². The minimum Gasteiger partial charge on any atom is -0.495 e. The lowest BCUT2D eigenvalue weighted by Gasteiger charge is -2.40. The maximum atomic E-state index is 13.1. The van der Waals surface area contributed by atoms with Gasteiger partial charge in [-0.2, -0.15) is 4.31 Å². The van der Waals surface area contributed by atoms with Crippen molar-refractivity contribution >= 4 is 10.0 Å². The maximum absolute atomic E-state index is 13.1. The van der Waals surface area contributed by atoms with Crippen molar-refractivity contribution in [2.45, 2.75) is 31.1 Å². The van der Waals surface area contributed by atoms with E-state index in [1.807, 2.05) is 13.0 Å². The molecule has 0 saturated carbocycles. The molecule has 23 heavy (non-hydrogen) atoms. The first-order valence-electron chi connectivity index (χ1n) is 7.75. The van der Waals surface area contributed by atoms with Gasteiger partial charge in [0.25, 0.3) is 0 Å². The molecule has 1 aliphatic rings. The first-order valence-corrected chi connectivity index (χ1v) is 9.19. The zero-order valence-electron chi connectivity index (χ0n) is 13.8. The number of hydrogen-bond donors (Lipinski definition) is 1. The predicted molar refractivity (Wildman–Crippen MR) is 90.1 cm³/mol. The number of aryl methyl sites for hydroxylation is 1. The van der Waals surface area contributed by atoms with Gasteiger partial charge in [-0.1, -0.05) is 12.1 Å². The summed E-state index contributed by atoms with van der Waals surface area (Å²) < 4.78 is 32.8. The Morgan fingerprint density at radius 2 is 2.22 bits per heavy atom. The third-order valence-corrected chi connectivity index (χ3v) is 6.34. The number of allylic oxidation sites excluding steroid dienone is 1. The summed E-state index contributed by atoms with van der Waals surface area (Å²) in [6, 6.07) is 5.13. The summed E-state index contributed by atoms with van der Waals surface area (Å²) in [5, 5.41) is 9.78. The number of aliphatic hydroxyl groups is 1. The molecular formula is C17H25NO4S. The lowest BCUT2D eigenvalue weighted by Crippen LogP contribution is -2.47. The summed E-state index contributed by atoms with van der Waals surface area (Å²) >= 11 is 0. The van der Waals surface area contributed by atoms with Gasteiger partial charge in [0.15, 0.2) is 0 Å². The molecule has 1 atom stereocenters. The smallest absolute Gasteiger partial charge is 0.246 e. The zero-order chi connectivity index (χ0) is 17.1. The Labute approximate surface area is 138 Å². The first-order chi connectivity index (χ1) is 10.9. The van der Waals surface area contributed by atoms with Crippen molar-refractivity contribution in [2.75, 3.05) is 26.8 Å². The van der Waals surface area contributed by atoms with Gasteiger partial charge in [0.05, 0.1) is 13.7 Å². The average molecular weight is 339 g/mol. The van der Waals surface area contributed by atoms with Crippen LogP contribution in [0.4, 0.5) is 0 Å². The van der Waals surface area contributed by atoms with Crippen molar-refractivity contribution in [1.82, 2.24) is 4.31 Å². The highest BCUT2D eigenvalue weighted by atomic mass is 32.2. The average Bonchev–Trinajstić information content (AvgIpc) is 2.55. The molecule has 0 radical (unpaired) electrons. The van der Waals surface area contributed by atoms with Crippen LogP contribution in [-0.2, 0) is 10.0 Å². The summed E-state index contributed by atoms with van der Waals surface area (Å²) in [4.78, 5) is 0.187. The standard InChI is InChI=1S/C17H25NO4S/c1-4-8-17(13-19)9-5-10-18(12-17)23(20,21)16-11-14(2)6-7-15(16)22-3/h4,6-7,11,19H,1,5,8-10,12-13H2,2-3H3/t17-/m1/s1. The van der Waals surface area contributed by atoms with Crippen molar-refractivity contribution in [3.8, 4) is 5.75 Å². The van der Waals surface area contributed by atoms with E-state index in [1.54, 1.807) is 18.2 Å².